The zero-order chi connectivity index (χ0) is 19.3. The van der Waals surface area contributed by atoms with Crippen molar-refractivity contribution in [1.29, 1.82) is 0 Å². The summed E-state index contributed by atoms with van der Waals surface area (Å²) in [6, 6.07) is 3.07. The van der Waals surface area contributed by atoms with Crippen molar-refractivity contribution in [3.05, 3.63) is 35.1 Å². The van der Waals surface area contributed by atoms with Crippen molar-refractivity contribution in [3.8, 4) is 0 Å². The molecule has 0 saturated heterocycles. The number of aromatic nitrogens is 1. The number of hydrogen-bond donors (Lipinski definition) is 3. The first-order chi connectivity index (χ1) is 11.4. The van der Waals surface area contributed by atoms with Gasteiger partial charge in [0.1, 0.15) is 0 Å². The van der Waals surface area contributed by atoms with Crippen LogP contribution in [0.15, 0.2) is 40.1 Å². The van der Waals surface area contributed by atoms with E-state index in [1.807, 2.05) is 0 Å². The molecule has 0 aliphatic rings. The molecule has 0 aliphatic carbocycles. The van der Waals surface area contributed by atoms with Crippen LogP contribution in [0.3, 0.4) is 0 Å². The number of alkyl halides is 6. The van der Waals surface area contributed by atoms with Crippen LogP contribution in [-0.2, 0) is 0 Å². The molecule has 138 valence electrons. The topological polar surface area (TPSA) is 102 Å². The summed E-state index contributed by atoms with van der Waals surface area (Å²) >= 11 is 23.3. The molecular weight excluding hydrogens is 427 g/mol. The SMILES string of the molecule is NNC(=NC/C(N)=C/C(=N/c1ncccc1Cl)C(Cl)(Cl)Cl)C(F)(F)F. The minimum absolute atomic E-state index is 0.0395. The molecule has 0 aliphatic heterocycles. The van der Waals surface area contributed by atoms with Crippen LogP contribution in [0.4, 0.5) is 19.0 Å². The minimum atomic E-state index is -4.76. The van der Waals surface area contributed by atoms with Gasteiger partial charge < -0.3 is 11.2 Å². The van der Waals surface area contributed by atoms with Crippen LogP contribution in [0, 0.1) is 0 Å². The Kier molecular flexibility index (Phi) is 7.76. The number of nitrogens with zero attached hydrogens (tertiary/aromatic N) is 3. The summed E-state index contributed by atoms with van der Waals surface area (Å²) in [6.07, 6.45) is -2.30. The third-order valence-corrected chi connectivity index (χ3v) is 3.28. The van der Waals surface area contributed by atoms with E-state index in [1.54, 1.807) is 6.07 Å². The second-order valence-electron chi connectivity index (χ2n) is 4.33. The van der Waals surface area contributed by atoms with Gasteiger partial charge in [-0.3, -0.25) is 4.99 Å². The summed E-state index contributed by atoms with van der Waals surface area (Å²) in [7, 11) is 0. The maximum atomic E-state index is 12.5. The van der Waals surface area contributed by atoms with Gasteiger partial charge >= 0.3 is 6.18 Å². The third kappa shape index (κ3) is 7.25. The number of hydrogen-bond acceptors (Lipinski definition) is 5. The van der Waals surface area contributed by atoms with Gasteiger partial charge in [0.15, 0.2) is 5.82 Å². The van der Waals surface area contributed by atoms with Crippen molar-refractivity contribution in [3.63, 3.8) is 0 Å². The fourth-order valence-corrected chi connectivity index (χ4v) is 1.81. The Balaban J connectivity index is 3.16. The van der Waals surface area contributed by atoms with E-state index in [0.717, 1.165) is 6.08 Å². The molecule has 0 radical (unpaired) electrons. The maximum Gasteiger partial charge on any atom is 0.450 e. The Morgan fingerprint density at radius 1 is 1.32 bits per heavy atom. The first-order valence-corrected chi connectivity index (χ1v) is 7.77. The number of hydrazine groups is 1. The quantitative estimate of drug-likeness (QED) is 0.221. The van der Waals surface area contributed by atoms with E-state index in [1.165, 1.54) is 17.7 Å². The molecule has 5 N–H and O–H groups in total. The zero-order valence-electron chi connectivity index (χ0n) is 12.2. The molecule has 0 amide bonds. The van der Waals surface area contributed by atoms with Gasteiger partial charge in [-0.1, -0.05) is 46.4 Å². The Bertz CT molecular complexity index is 697. The highest BCUT2D eigenvalue weighted by atomic mass is 35.6. The second-order valence-corrected chi connectivity index (χ2v) is 7.02. The standard InChI is InChI=1S/C12H11Cl4F3N6/c13-7-2-1-3-22-9(7)24-8(11(14,15)16)4-6(20)5-23-10(25-21)12(17,18)19/h1-4H,5,20-21H2,(H,23,25)/b6-4-,24-8-. The molecule has 1 rings (SSSR count). The summed E-state index contributed by atoms with van der Waals surface area (Å²) in [5.74, 6) is 3.39. The Morgan fingerprint density at radius 2 is 1.96 bits per heavy atom. The molecule has 0 saturated carbocycles. The van der Waals surface area contributed by atoms with Crippen molar-refractivity contribution in [2.45, 2.75) is 9.97 Å². The lowest BCUT2D eigenvalue weighted by molar-refractivity contribution is -0.0619. The van der Waals surface area contributed by atoms with Gasteiger partial charge in [-0.05, 0) is 18.2 Å². The third-order valence-electron chi connectivity index (χ3n) is 2.40. The van der Waals surface area contributed by atoms with E-state index >= 15 is 0 Å². The molecule has 0 spiro atoms. The number of allylic oxidation sites excluding steroid dienone is 1. The Hall–Kier alpha value is -1.26. The molecular formula is C12H11Cl4F3N6. The average molecular weight is 438 g/mol. The van der Waals surface area contributed by atoms with E-state index in [9.17, 15) is 13.2 Å². The number of amidine groups is 1. The number of pyridine rings is 1. The number of aliphatic imine (C=N–C) groups is 2. The van der Waals surface area contributed by atoms with Gasteiger partial charge in [0.25, 0.3) is 0 Å². The summed E-state index contributed by atoms with van der Waals surface area (Å²) in [6.45, 7) is -0.575. The van der Waals surface area contributed by atoms with Gasteiger partial charge in [0.2, 0.25) is 9.63 Å². The van der Waals surface area contributed by atoms with Crippen LogP contribution < -0.4 is 17.0 Å². The molecule has 0 unspecified atom stereocenters. The van der Waals surface area contributed by atoms with Gasteiger partial charge in [0.05, 0.1) is 17.3 Å². The highest BCUT2D eigenvalue weighted by molar-refractivity contribution is 6.77. The zero-order valence-corrected chi connectivity index (χ0v) is 15.2. The van der Waals surface area contributed by atoms with E-state index in [2.05, 4.69) is 15.0 Å². The van der Waals surface area contributed by atoms with Crippen LogP contribution in [0.2, 0.25) is 5.02 Å². The predicted molar refractivity (Wildman–Crippen MR) is 94.6 cm³/mol. The van der Waals surface area contributed by atoms with Crippen molar-refractivity contribution in [1.82, 2.24) is 10.4 Å². The first-order valence-electron chi connectivity index (χ1n) is 6.26. The highest BCUT2D eigenvalue weighted by Gasteiger charge is 2.35. The fraction of sp³-hybridized carbons (Fsp3) is 0.250. The summed E-state index contributed by atoms with van der Waals surface area (Å²) in [5.41, 5.74) is 6.67. The largest absolute Gasteiger partial charge is 0.450 e. The van der Waals surface area contributed by atoms with Crippen molar-refractivity contribution < 1.29 is 13.2 Å². The average Bonchev–Trinajstić information content (AvgIpc) is 2.47. The van der Waals surface area contributed by atoms with Crippen molar-refractivity contribution >= 4 is 63.8 Å². The highest BCUT2D eigenvalue weighted by Crippen LogP contribution is 2.32. The van der Waals surface area contributed by atoms with Crippen LogP contribution in [0.25, 0.3) is 0 Å². The molecule has 0 fully saturated rings. The Morgan fingerprint density at radius 3 is 2.44 bits per heavy atom. The molecule has 1 aromatic rings. The lowest BCUT2D eigenvalue weighted by Crippen LogP contribution is -2.41. The maximum absolute atomic E-state index is 12.5. The molecule has 13 heteroatoms. The monoisotopic (exact) mass is 436 g/mol. The Labute approximate surface area is 160 Å². The van der Waals surface area contributed by atoms with Crippen LogP contribution in [0.5, 0.6) is 0 Å². The first kappa shape index (κ1) is 21.8. The second kappa shape index (κ2) is 8.91. The number of halogens is 7. The summed E-state index contributed by atoms with van der Waals surface area (Å²) < 4.78 is 35.5. The minimum Gasteiger partial charge on any atom is -0.400 e. The van der Waals surface area contributed by atoms with Gasteiger partial charge in [-0.2, -0.15) is 13.2 Å². The smallest absolute Gasteiger partial charge is 0.400 e. The number of nitrogens with one attached hydrogen (secondary N) is 1. The normalized spacial score (nSPS) is 14.6. The molecule has 6 nitrogen and oxygen atoms in total. The lowest BCUT2D eigenvalue weighted by Gasteiger charge is -2.13. The molecule has 0 atom stereocenters. The fourth-order valence-electron chi connectivity index (χ4n) is 1.36. The van der Waals surface area contributed by atoms with Crippen LogP contribution in [0.1, 0.15) is 0 Å². The molecule has 0 aromatic carbocycles. The molecule has 25 heavy (non-hydrogen) atoms. The van der Waals surface area contributed by atoms with Crippen LogP contribution in [-0.4, -0.2) is 33.0 Å². The molecule has 1 aromatic heterocycles. The van der Waals surface area contributed by atoms with Gasteiger partial charge in [-0.25, -0.2) is 15.8 Å². The van der Waals surface area contributed by atoms with Gasteiger partial charge in [0, 0.05) is 11.9 Å². The van der Waals surface area contributed by atoms with E-state index in [4.69, 9.17) is 58.0 Å². The van der Waals surface area contributed by atoms with E-state index in [0.29, 0.717) is 0 Å². The predicted octanol–water partition coefficient (Wildman–Crippen LogP) is 3.44. The van der Waals surface area contributed by atoms with Crippen molar-refractivity contribution in [2.24, 2.45) is 21.6 Å². The van der Waals surface area contributed by atoms with Crippen LogP contribution >= 0.6 is 46.4 Å². The van der Waals surface area contributed by atoms with Gasteiger partial charge in [-0.15, -0.1) is 0 Å². The van der Waals surface area contributed by atoms with Crippen molar-refractivity contribution in [2.75, 3.05) is 6.54 Å². The van der Waals surface area contributed by atoms with E-state index < -0.39 is 22.3 Å². The van der Waals surface area contributed by atoms with E-state index in [-0.39, 0.29) is 22.2 Å². The number of rotatable bonds is 4. The summed E-state index contributed by atoms with van der Waals surface area (Å²) in [5, 5.41) is 0.172. The molecule has 0 bridgehead atoms. The number of nitrogens with two attached hydrogens (primary N) is 2. The summed E-state index contributed by atoms with van der Waals surface area (Å²) in [4.78, 5) is 11.1. The lowest BCUT2D eigenvalue weighted by atomic mass is 10.3. The molecule has 1 heterocycles.